The minimum atomic E-state index is 0.0387. The Bertz CT molecular complexity index is 556. The van der Waals surface area contributed by atoms with E-state index in [2.05, 4.69) is 34.1 Å². The molecule has 2 aliphatic heterocycles. The number of unbranched alkanes of at least 4 members (excludes halogenated alkanes) is 1. The average molecular weight is 345 g/mol. The lowest BCUT2D eigenvalue weighted by molar-refractivity contribution is -0.136. The molecule has 1 atom stereocenters. The molecular weight excluding hydrogens is 312 g/mol. The van der Waals surface area contributed by atoms with Crippen LogP contribution in [0.4, 0.5) is 0 Å². The molecular formula is C20H32N4O. The van der Waals surface area contributed by atoms with Gasteiger partial charge < -0.3 is 10.2 Å². The minimum Gasteiger partial charge on any atom is -0.337 e. The number of amides is 1. The highest BCUT2D eigenvalue weighted by molar-refractivity contribution is 5.82. The third-order valence-electron chi connectivity index (χ3n) is 5.91. The molecule has 3 heterocycles. The molecule has 0 aliphatic carbocycles. The lowest BCUT2D eigenvalue weighted by Gasteiger charge is -2.33. The number of likely N-dealkylation sites (N-methyl/N-ethyl adjacent to an activating group) is 1. The predicted molar refractivity (Wildman–Crippen MR) is 100 cm³/mol. The van der Waals surface area contributed by atoms with Crippen molar-refractivity contribution in [2.24, 2.45) is 5.41 Å². The summed E-state index contributed by atoms with van der Waals surface area (Å²) in [6.07, 6.45) is 9.19. The van der Waals surface area contributed by atoms with E-state index in [0.29, 0.717) is 17.9 Å². The monoisotopic (exact) mass is 344 g/mol. The Kier molecular flexibility index (Phi) is 6.07. The van der Waals surface area contributed by atoms with Crippen LogP contribution in [0.2, 0.25) is 0 Å². The molecule has 0 bridgehead atoms. The second kappa shape index (κ2) is 8.28. The molecule has 1 spiro atoms. The molecule has 0 saturated carbocycles. The molecule has 1 aromatic heterocycles. The van der Waals surface area contributed by atoms with E-state index < -0.39 is 0 Å². The van der Waals surface area contributed by atoms with Crippen molar-refractivity contribution in [1.82, 2.24) is 20.1 Å². The zero-order valence-corrected chi connectivity index (χ0v) is 15.7. The van der Waals surface area contributed by atoms with E-state index >= 15 is 0 Å². The second-order valence-electron chi connectivity index (χ2n) is 7.85. The number of likely N-dealkylation sites (tertiary alicyclic amines) is 1. The van der Waals surface area contributed by atoms with Gasteiger partial charge in [-0.25, -0.2) is 0 Å². The van der Waals surface area contributed by atoms with E-state index in [1.807, 2.05) is 24.5 Å². The standard InChI is InChI=1S/C20H32N4O/c1-3-4-13-24(15-17-5-9-21-10-6-17)19(25)18-14-20(16-23(18)2)7-11-22-12-8-20/h5-6,9-10,18,22H,3-4,7-8,11-16H2,1-2H3. The number of hydrogen-bond acceptors (Lipinski definition) is 4. The normalized spacial score (nSPS) is 23.0. The van der Waals surface area contributed by atoms with Gasteiger partial charge in [-0.3, -0.25) is 14.7 Å². The Morgan fingerprint density at radius 3 is 2.76 bits per heavy atom. The third kappa shape index (κ3) is 4.39. The summed E-state index contributed by atoms with van der Waals surface area (Å²) >= 11 is 0. The molecule has 2 saturated heterocycles. The van der Waals surface area contributed by atoms with Crippen LogP contribution in [0.15, 0.2) is 24.5 Å². The van der Waals surface area contributed by atoms with Gasteiger partial charge in [0, 0.05) is 32.0 Å². The van der Waals surface area contributed by atoms with Crippen molar-refractivity contribution in [3.8, 4) is 0 Å². The highest BCUT2D eigenvalue weighted by atomic mass is 16.2. The van der Waals surface area contributed by atoms with Crippen LogP contribution >= 0.6 is 0 Å². The fourth-order valence-corrected chi connectivity index (χ4v) is 4.40. The maximum Gasteiger partial charge on any atom is 0.240 e. The van der Waals surface area contributed by atoms with Gasteiger partial charge in [-0.2, -0.15) is 0 Å². The van der Waals surface area contributed by atoms with Crippen LogP contribution < -0.4 is 5.32 Å². The molecule has 0 aromatic carbocycles. The molecule has 1 amide bonds. The van der Waals surface area contributed by atoms with Crippen LogP contribution in [0.5, 0.6) is 0 Å². The van der Waals surface area contributed by atoms with Crippen LogP contribution in [0, 0.1) is 5.41 Å². The van der Waals surface area contributed by atoms with Crippen molar-refractivity contribution in [1.29, 1.82) is 0 Å². The molecule has 1 N–H and O–H groups in total. The van der Waals surface area contributed by atoms with Crippen LogP contribution in [0.3, 0.4) is 0 Å². The SMILES string of the molecule is CCCCN(Cc1ccncc1)C(=O)C1CC2(CCNCC2)CN1C. The van der Waals surface area contributed by atoms with Gasteiger partial charge in [0.05, 0.1) is 6.04 Å². The van der Waals surface area contributed by atoms with Crippen molar-refractivity contribution in [2.45, 2.75) is 51.6 Å². The van der Waals surface area contributed by atoms with E-state index in [9.17, 15) is 4.79 Å². The van der Waals surface area contributed by atoms with Crippen LogP contribution in [-0.4, -0.2) is 60.0 Å². The molecule has 2 fully saturated rings. The lowest BCUT2D eigenvalue weighted by atomic mass is 9.77. The summed E-state index contributed by atoms with van der Waals surface area (Å²) in [5, 5.41) is 3.46. The number of rotatable bonds is 6. The molecule has 1 unspecified atom stereocenters. The molecule has 5 heteroatoms. The number of nitrogens with one attached hydrogen (secondary N) is 1. The second-order valence-corrected chi connectivity index (χ2v) is 7.85. The zero-order valence-electron chi connectivity index (χ0n) is 15.7. The van der Waals surface area contributed by atoms with Crippen LogP contribution in [-0.2, 0) is 11.3 Å². The number of nitrogens with zero attached hydrogens (tertiary/aromatic N) is 3. The number of pyridine rings is 1. The van der Waals surface area contributed by atoms with Gasteiger partial charge in [-0.1, -0.05) is 13.3 Å². The largest absolute Gasteiger partial charge is 0.337 e. The molecule has 0 radical (unpaired) electrons. The Morgan fingerprint density at radius 1 is 1.36 bits per heavy atom. The number of hydrogen-bond donors (Lipinski definition) is 1. The van der Waals surface area contributed by atoms with E-state index in [1.165, 1.54) is 12.8 Å². The number of piperidine rings is 1. The van der Waals surface area contributed by atoms with Crippen molar-refractivity contribution in [2.75, 3.05) is 33.2 Å². The first-order valence-corrected chi connectivity index (χ1v) is 9.72. The Balaban J connectivity index is 1.70. The van der Waals surface area contributed by atoms with Gasteiger partial charge in [0.15, 0.2) is 0 Å². The van der Waals surface area contributed by atoms with Crippen molar-refractivity contribution >= 4 is 5.91 Å². The van der Waals surface area contributed by atoms with Gasteiger partial charge in [0.2, 0.25) is 5.91 Å². The van der Waals surface area contributed by atoms with E-state index in [0.717, 1.165) is 51.0 Å². The summed E-state index contributed by atoms with van der Waals surface area (Å²) in [5.41, 5.74) is 1.50. The Morgan fingerprint density at radius 2 is 2.08 bits per heavy atom. The summed E-state index contributed by atoms with van der Waals surface area (Å²) < 4.78 is 0. The quantitative estimate of drug-likeness (QED) is 0.860. The smallest absolute Gasteiger partial charge is 0.240 e. The van der Waals surface area contributed by atoms with Crippen LogP contribution in [0.25, 0.3) is 0 Å². The number of carbonyl (C=O) groups excluding carboxylic acids is 1. The van der Waals surface area contributed by atoms with Crippen molar-refractivity contribution in [3.63, 3.8) is 0 Å². The highest BCUT2D eigenvalue weighted by Gasteiger charge is 2.46. The average Bonchev–Trinajstić information content (AvgIpc) is 2.95. The maximum absolute atomic E-state index is 13.3. The summed E-state index contributed by atoms with van der Waals surface area (Å²) in [4.78, 5) is 21.8. The van der Waals surface area contributed by atoms with Crippen molar-refractivity contribution in [3.05, 3.63) is 30.1 Å². The Hall–Kier alpha value is -1.46. The fraction of sp³-hybridized carbons (Fsp3) is 0.700. The van der Waals surface area contributed by atoms with Crippen LogP contribution in [0.1, 0.15) is 44.6 Å². The van der Waals surface area contributed by atoms with Gasteiger partial charge in [-0.15, -0.1) is 0 Å². The molecule has 3 rings (SSSR count). The van der Waals surface area contributed by atoms with Gasteiger partial charge in [-0.05, 0) is 68.9 Å². The fourth-order valence-electron chi connectivity index (χ4n) is 4.40. The topological polar surface area (TPSA) is 48.5 Å². The highest BCUT2D eigenvalue weighted by Crippen LogP contribution is 2.41. The van der Waals surface area contributed by atoms with E-state index in [-0.39, 0.29) is 6.04 Å². The van der Waals surface area contributed by atoms with Crippen molar-refractivity contribution < 1.29 is 4.79 Å². The predicted octanol–water partition coefficient (Wildman–Crippen LogP) is 2.28. The first-order valence-electron chi connectivity index (χ1n) is 9.72. The molecule has 1 aromatic rings. The number of carbonyl (C=O) groups is 1. The number of aromatic nitrogens is 1. The van der Waals surface area contributed by atoms with E-state index in [4.69, 9.17) is 0 Å². The molecule has 5 nitrogen and oxygen atoms in total. The first-order chi connectivity index (χ1) is 12.1. The summed E-state index contributed by atoms with van der Waals surface area (Å²) in [6, 6.07) is 4.06. The lowest BCUT2D eigenvalue weighted by Crippen LogP contribution is -2.44. The first kappa shape index (κ1) is 18.3. The summed E-state index contributed by atoms with van der Waals surface area (Å²) in [6.45, 7) is 6.95. The molecule has 2 aliphatic rings. The minimum absolute atomic E-state index is 0.0387. The van der Waals surface area contributed by atoms with Gasteiger partial charge in [0.1, 0.15) is 0 Å². The Labute approximate surface area is 151 Å². The zero-order chi connectivity index (χ0) is 17.7. The maximum atomic E-state index is 13.3. The summed E-state index contributed by atoms with van der Waals surface area (Å²) in [5.74, 6) is 0.308. The van der Waals surface area contributed by atoms with Gasteiger partial charge in [0.25, 0.3) is 0 Å². The summed E-state index contributed by atoms with van der Waals surface area (Å²) in [7, 11) is 2.13. The molecule has 25 heavy (non-hydrogen) atoms. The van der Waals surface area contributed by atoms with E-state index in [1.54, 1.807) is 0 Å². The third-order valence-corrected chi connectivity index (χ3v) is 5.91. The molecule has 138 valence electrons. The van der Waals surface area contributed by atoms with Gasteiger partial charge >= 0.3 is 0 Å².